The van der Waals surface area contributed by atoms with Gasteiger partial charge in [-0.1, -0.05) is 30.3 Å². The second-order valence-corrected chi connectivity index (χ2v) is 14.8. The molecule has 2 aliphatic heterocycles. The van der Waals surface area contributed by atoms with Gasteiger partial charge in [-0.15, -0.1) is 0 Å². The molecule has 0 bridgehead atoms. The number of carbonyl (C=O) groups is 1. The molecule has 2 saturated heterocycles. The van der Waals surface area contributed by atoms with Gasteiger partial charge in [0.15, 0.2) is 9.84 Å². The number of hydrogen-bond acceptors (Lipinski definition) is 6. The number of amides is 2. The minimum absolute atomic E-state index is 0.00659. The zero-order chi connectivity index (χ0) is 26.5. The van der Waals surface area contributed by atoms with Gasteiger partial charge in [0, 0.05) is 18.6 Å². The van der Waals surface area contributed by atoms with E-state index < -0.39 is 21.0 Å². The van der Waals surface area contributed by atoms with Crippen LogP contribution in [-0.2, 0) is 15.4 Å². The number of nitrogens with zero attached hydrogens (tertiary/aromatic N) is 3. The first-order chi connectivity index (χ1) is 17.4. The fourth-order valence-corrected chi connectivity index (χ4v) is 8.73. The average Bonchev–Trinajstić information content (AvgIpc) is 3.10. The topological polar surface area (TPSA) is 101 Å². The number of β-amino-alcohol motifs (C(OH)–C–C–N with tert-alkyl or cyclic N) is 1. The molecular weight excluding hydrogens is 490 g/mol. The van der Waals surface area contributed by atoms with Crippen molar-refractivity contribution in [3.05, 3.63) is 35.9 Å². The second kappa shape index (κ2) is 9.50. The third-order valence-corrected chi connectivity index (χ3v) is 11.7. The summed E-state index contributed by atoms with van der Waals surface area (Å²) < 4.78 is 23.7. The monoisotopic (exact) mass is 533 g/mol. The first-order valence-electron chi connectivity index (χ1n) is 13.8. The summed E-state index contributed by atoms with van der Waals surface area (Å²) in [6.07, 6.45) is 6.82. The maximum absolute atomic E-state index is 13.8. The van der Waals surface area contributed by atoms with E-state index in [2.05, 4.69) is 43.3 Å². The standard InChI is InChI=1S/C28H43N3O5S/c1-29(2)28(23-7-4-3-5-8-23)13-11-25(12-14-28)21-30(24(32)31(25)22-27(34)9-6-10-27)18-15-26(33)16-19-37(35,36)20-17-26/h3-5,7-8,33-34H,6,9-22H2,1-2H3. The van der Waals surface area contributed by atoms with E-state index in [4.69, 9.17) is 0 Å². The van der Waals surface area contributed by atoms with E-state index in [1.54, 1.807) is 0 Å². The van der Waals surface area contributed by atoms with Crippen molar-refractivity contribution < 1.29 is 23.4 Å². The number of carbonyl (C=O) groups excluding carboxylic acids is 1. The second-order valence-electron chi connectivity index (χ2n) is 12.5. The molecule has 206 valence electrons. The molecule has 2 N–H and O–H groups in total. The molecule has 37 heavy (non-hydrogen) atoms. The highest BCUT2D eigenvalue weighted by atomic mass is 32.2. The third-order valence-electron chi connectivity index (χ3n) is 10.1. The summed E-state index contributed by atoms with van der Waals surface area (Å²) in [5.41, 5.74) is -0.975. The predicted octanol–water partition coefficient (Wildman–Crippen LogP) is 2.74. The van der Waals surface area contributed by atoms with Crippen molar-refractivity contribution in [1.29, 1.82) is 0 Å². The highest BCUT2D eigenvalue weighted by Crippen LogP contribution is 2.50. The van der Waals surface area contributed by atoms with E-state index in [0.717, 1.165) is 44.9 Å². The van der Waals surface area contributed by atoms with E-state index in [9.17, 15) is 23.4 Å². The van der Waals surface area contributed by atoms with Crippen LogP contribution in [0.5, 0.6) is 0 Å². The third kappa shape index (κ3) is 5.04. The van der Waals surface area contributed by atoms with Crippen LogP contribution >= 0.6 is 0 Å². The van der Waals surface area contributed by atoms with Crippen LogP contribution in [0, 0.1) is 0 Å². The number of hydrogen-bond donors (Lipinski definition) is 2. The Hall–Kier alpha value is -1.68. The largest absolute Gasteiger partial charge is 0.390 e. The molecule has 2 saturated carbocycles. The van der Waals surface area contributed by atoms with E-state index in [0.29, 0.717) is 26.1 Å². The molecule has 0 atom stereocenters. The minimum atomic E-state index is -3.07. The Labute approximate surface area is 221 Å². The van der Waals surface area contributed by atoms with Crippen molar-refractivity contribution >= 4 is 15.9 Å². The fourth-order valence-electron chi connectivity index (χ4n) is 7.14. The minimum Gasteiger partial charge on any atom is -0.390 e. The van der Waals surface area contributed by atoms with Gasteiger partial charge in [0.05, 0.1) is 34.8 Å². The summed E-state index contributed by atoms with van der Waals surface area (Å²) in [7, 11) is 1.20. The van der Waals surface area contributed by atoms with Gasteiger partial charge in [-0.05, 0) is 83.9 Å². The van der Waals surface area contributed by atoms with Crippen LogP contribution in [0.2, 0.25) is 0 Å². The lowest BCUT2D eigenvalue weighted by molar-refractivity contribution is -0.0725. The molecule has 4 aliphatic rings. The summed E-state index contributed by atoms with van der Waals surface area (Å²) in [6, 6.07) is 10.6. The van der Waals surface area contributed by atoms with Crippen molar-refractivity contribution in [3.63, 3.8) is 0 Å². The zero-order valence-corrected chi connectivity index (χ0v) is 23.2. The van der Waals surface area contributed by atoms with E-state index in [1.165, 1.54) is 5.56 Å². The van der Waals surface area contributed by atoms with Gasteiger partial charge in [0.25, 0.3) is 0 Å². The first-order valence-corrected chi connectivity index (χ1v) is 15.7. The van der Waals surface area contributed by atoms with E-state index in [-0.39, 0.29) is 41.5 Å². The SMILES string of the molecule is CN(C)C1(c2ccccc2)CCC2(CC1)CN(CCC1(O)CCS(=O)(=O)CC1)C(=O)N2CC1(O)CCC1. The molecule has 5 rings (SSSR count). The molecule has 0 aromatic heterocycles. The highest BCUT2D eigenvalue weighted by Gasteiger charge is 2.56. The van der Waals surface area contributed by atoms with Gasteiger partial charge in [0.1, 0.15) is 0 Å². The number of rotatable bonds is 7. The number of aliphatic hydroxyl groups is 2. The van der Waals surface area contributed by atoms with Crippen LogP contribution in [0.25, 0.3) is 0 Å². The molecular formula is C28H43N3O5S. The molecule has 2 heterocycles. The Bertz CT molecular complexity index is 1080. The summed E-state index contributed by atoms with van der Waals surface area (Å²) in [4.78, 5) is 19.9. The van der Waals surface area contributed by atoms with Crippen LogP contribution < -0.4 is 0 Å². The Morgan fingerprint density at radius 3 is 2.05 bits per heavy atom. The maximum Gasteiger partial charge on any atom is 0.320 e. The predicted molar refractivity (Wildman–Crippen MR) is 143 cm³/mol. The quantitative estimate of drug-likeness (QED) is 0.559. The van der Waals surface area contributed by atoms with Crippen LogP contribution in [0.1, 0.15) is 69.8 Å². The van der Waals surface area contributed by atoms with Crippen LogP contribution in [0.3, 0.4) is 0 Å². The number of sulfone groups is 1. The van der Waals surface area contributed by atoms with Gasteiger partial charge in [0.2, 0.25) is 0 Å². The molecule has 9 heteroatoms. The van der Waals surface area contributed by atoms with Crippen LogP contribution in [0.15, 0.2) is 30.3 Å². The highest BCUT2D eigenvalue weighted by molar-refractivity contribution is 7.91. The van der Waals surface area contributed by atoms with Crippen LogP contribution in [0.4, 0.5) is 4.79 Å². The molecule has 0 radical (unpaired) electrons. The smallest absolute Gasteiger partial charge is 0.320 e. The molecule has 2 amide bonds. The Kier molecular flexibility index (Phi) is 6.91. The van der Waals surface area contributed by atoms with Gasteiger partial charge in [-0.3, -0.25) is 4.90 Å². The van der Waals surface area contributed by atoms with Gasteiger partial charge in [-0.2, -0.15) is 0 Å². The summed E-state index contributed by atoms with van der Waals surface area (Å²) in [5.74, 6) is 0.0132. The molecule has 8 nitrogen and oxygen atoms in total. The number of benzene rings is 1. The first kappa shape index (κ1) is 26.9. The van der Waals surface area contributed by atoms with Crippen molar-refractivity contribution in [2.75, 3.05) is 45.2 Å². The van der Waals surface area contributed by atoms with E-state index in [1.807, 2.05) is 15.9 Å². The lowest BCUT2D eigenvalue weighted by Gasteiger charge is -2.52. The Morgan fingerprint density at radius 1 is 0.892 bits per heavy atom. The molecule has 1 spiro atoms. The molecule has 4 fully saturated rings. The van der Waals surface area contributed by atoms with E-state index >= 15 is 0 Å². The summed E-state index contributed by atoms with van der Waals surface area (Å²) in [6.45, 7) is 1.36. The van der Waals surface area contributed by atoms with Gasteiger partial charge < -0.3 is 20.0 Å². The van der Waals surface area contributed by atoms with Gasteiger partial charge in [-0.25, -0.2) is 13.2 Å². The van der Waals surface area contributed by atoms with Gasteiger partial charge >= 0.3 is 6.03 Å². The lowest BCUT2D eigenvalue weighted by Crippen LogP contribution is -2.59. The fraction of sp³-hybridized carbons (Fsp3) is 0.750. The normalized spacial score (nSPS) is 30.0. The van der Waals surface area contributed by atoms with Crippen molar-refractivity contribution in [1.82, 2.24) is 14.7 Å². The van der Waals surface area contributed by atoms with Crippen LogP contribution in [-0.4, -0.2) is 101 Å². The summed E-state index contributed by atoms with van der Waals surface area (Å²) in [5, 5.41) is 22.1. The lowest BCUT2D eigenvalue weighted by atomic mass is 9.67. The average molecular weight is 534 g/mol. The number of urea groups is 1. The Morgan fingerprint density at radius 2 is 1.51 bits per heavy atom. The molecule has 2 aliphatic carbocycles. The maximum atomic E-state index is 13.8. The summed E-state index contributed by atoms with van der Waals surface area (Å²) >= 11 is 0. The molecule has 0 unspecified atom stereocenters. The van der Waals surface area contributed by atoms with Crippen molar-refractivity contribution in [3.8, 4) is 0 Å². The molecule has 1 aromatic rings. The Balaban J connectivity index is 1.34. The van der Waals surface area contributed by atoms with Crippen molar-refractivity contribution in [2.45, 2.75) is 86.5 Å². The zero-order valence-electron chi connectivity index (χ0n) is 22.4. The molecule has 1 aromatic carbocycles. The van der Waals surface area contributed by atoms with Crippen molar-refractivity contribution in [2.24, 2.45) is 0 Å².